The minimum absolute atomic E-state index is 0.0524. The smallest absolute Gasteiger partial charge is 0.272 e. The Bertz CT molecular complexity index is 1060. The Hall–Kier alpha value is -2.54. The van der Waals surface area contributed by atoms with Gasteiger partial charge in [0, 0.05) is 29.9 Å². The highest BCUT2D eigenvalue weighted by molar-refractivity contribution is 7.89. The van der Waals surface area contributed by atoms with Crippen molar-refractivity contribution in [1.29, 1.82) is 0 Å². The molecule has 0 spiro atoms. The van der Waals surface area contributed by atoms with Crippen LogP contribution in [0.2, 0.25) is 0 Å². The predicted molar refractivity (Wildman–Crippen MR) is 91.2 cm³/mol. The lowest BCUT2D eigenvalue weighted by atomic mass is 10.1. The van der Waals surface area contributed by atoms with Gasteiger partial charge in [-0.25, -0.2) is 8.42 Å². The third-order valence-corrected chi connectivity index (χ3v) is 4.56. The molecule has 23 heavy (non-hydrogen) atoms. The first-order valence-corrected chi connectivity index (χ1v) is 9.08. The van der Waals surface area contributed by atoms with Gasteiger partial charge in [-0.05, 0) is 36.2 Å². The number of benzene rings is 1. The molecule has 0 aliphatic rings. The lowest BCUT2D eigenvalue weighted by molar-refractivity contribution is 0.601. The molecule has 0 saturated heterocycles. The van der Waals surface area contributed by atoms with Crippen molar-refractivity contribution >= 4 is 21.0 Å². The Morgan fingerprint density at radius 1 is 1.26 bits per heavy atom. The maximum atomic E-state index is 12.0. The van der Waals surface area contributed by atoms with Crippen molar-refractivity contribution in [3.05, 3.63) is 58.1 Å². The van der Waals surface area contributed by atoms with E-state index in [0.29, 0.717) is 22.3 Å². The van der Waals surface area contributed by atoms with Crippen LogP contribution in [0.4, 0.5) is 5.69 Å². The molecule has 0 atom stereocenters. The third kappa shape index (κ3) is 2.87. The molecular weight excluding hydrogens is 314 g/mol. The van der Waals surface area contributed by atoms with Crippen LogP contribution in [0.5, 0.6) is 0 Å². The van der Waals surface area contributed by atoms with Gasteiger partial charge >= 0.3 is 0 Å². The normalized spacial score (nSPS) is 11.9. The fourth-order valence-electron chi connectivity index (χ4n) is 2.78. The maximum Gasteiger partial charge on any atom is 0.272 e. The summed E-state index contributed by atoms with van der Waals surface area (Å²) < 4.78 is 24.8. The summed E-state index contributed by atoms with van der Waals surface area (Å²) in [5, 5.41) is 0. The van der Waals surface area contributed by atoms with E-state index in [1.54, 1.807) is 35.0 Å². The van der Waals surface area contributed by atoms with Gasteiger partial charge in [-0.2, -0.15) is 0 Å². The summed E-state index contributed by atoms with van der Waals surface area (Å²) in [5.74, 6) is -0.0524. The van der Waals surface area contributed by atoms with E-state index in [2.05, 4.69) is 4.98 Å². The molecule has 120 valence electrons. The molecule has 3 N–H and O–H groups in total. The number of nitrogen functional groups attached to an aromatic ring is 1. The van der Waals surface area contributed by atoms with Crippen molar-refractivity contribution in [2.75, 3.05) is 12.0 Å². The highest BCUT2D eigenvalue weighted by Gasteiger charge is 2.14. The lowest BCUT2D eigenvalue weighted by Crippen LogP contribution is -2.09. The molecule has 3 aromatic rings. The first kappa shape index (κ1) is 15.4. The van der Waals surface area contributed by atoms with Gasteiger partial charge < -0.3 is 15.1 Å². The number of aromatic amines is 1. The number of aryl methyl sites for hydroxylation is 1. The molecule has 1 aromatic carbocycles. The number of hydrogen-bond donors (Lipinski definition) is 2. The lowest BCUT2D eigenvalue weighted by Gasteiger charge is -2.09. The SMILES string of the molecule is Cc1cc(-c2cc(CS(C)(=O)=O)ccc2N)n2cc[nH]c(=O)c12. The van der Waals surface area contributed by atoms with Gasteiger partial charge in [0.15, 0.2) is 9.84 Å². The fourth-order valence-corrected chi connectivity index (χ4v) is 3.56. The number of fused-ring (bicyclic) bond motifs is 1. The number of nitrogens with one attached hydrogen (secondary N) is 1. The van der Waals surface area contributed by atoms with E-state index in [4.69, 9.17) is 5.73 Å². The minimum atomic E-state index is -3.14. The number of hydrogen-bond acceptors (Lipinski definition) is 4. The highest BCUT2D eigenvalue weighted by atomic mass is 32.2. The van der Waals surface area contributed by atoms with E-state index < -0.39 is 9.84 Å². The van der Waals surface area contributed by atoms with Gasteiger partial charge in [-0.1, -0.05) is 6.07 Å². The van der Waals surface area contributed by atoms with Gasteiger partial charge in [0.2, 0.25) is 0 Å². The second kappa shape index (κ2) is 5.27. The number of nitrogens with zero attached hydrogens (tertiary/aromatic N) is 1. The number of nitrogens with two attached hydrogens (primary N) is 1. The Balaban J connectivity index is 2.25. The maximum absolute atomic E-state index is 12.0. The predicted octanol–water partition coefficient (Wildman–Crippen LogP) is 1.73. The van der Waals surface area contributed by atoms with Crippen molar-refractivity contribution in [3.63, 3.8) is 0 Å². The van der Waals surface area contributed by atoms with E-state index in [1.165, 1.54) is 6.26 Å². The number of rotatable bonds is 3. The molecule has 0 aliphatic carbocycles. The molecule has 2 aromatic heterocycles. The summed E-state index contributed by atoms with van der Waals surface area (Å²) in [4.78, 5) is 14.6. The average Bonchev–Trinajstić information content (AvgIpc) is 2.78. The molecule has 0 bridgehead atoms. The molecule has 0 saturated carbocycles. The topological polar surface area (TPSA) is 97.4 Å². The number of H-pyrrole nitrogens is 1. The van der Waals surface area contributed by atoms with Crippen LogP contribution < -0.4 is 11.3 Å². The van der Waals surface area contributed by atoms with E-state index in [-0.39, 0.29) is 11.3 Å². The Morgan fingerprint density at radius 3 is 2.70 bits per heavy atom. The zero-order chi connectivity index (χ0) is 16.8. The molecule has 0 unspecified atom stereocenters. The Kier molecular flexibility index (Phi) is 3.52. The average molecular weight is 331 g/mol. The summed E-state index contributed by atoms with van der Waals surface area (Å²) in [6, 6.07) is 7.03. The van der Waals surface area contributed by atoms with Crippen LogP contribution in [-0.2, 0) is 15.6 Å². The molecule has 3 rings (SSSR count). The number of anilines is 1. The van der Waals surface area contributed by atoms with Gasteiger partial charge in [-0.3, -0.25) is 4.79 Å². The first-order chi connectivity index (χ1) is 10.8. The second-order valence-electron chi connectivity index (χ2n) is 5.71. The Morgan fingerprint density at radius 2 is 2.00 bits per heavy atom. The molecule has 6 nitrogen and oxygen atoms in total. The summed E-state index contributed by atoms with van der Waals surface area (Å²) in [7, 11) is -3.14. The van der Waals surface area contributed by atoms with Crippen molar-refractivity contribution in [3.8, 4) is 11.3 Å². The zero-order valence-corrected chi connectivity index (χ0v) is 13.6. The van der Waals surface area contributed by atoms with Gasteiger partial charge in [0.25, 0.3) is 5.56 Å². The standard InChI is InChI=1S/C16H17N3O3S/c1-10-7-14(19-6-5-18-16(20)15(10)19)12-8-11(3-4-13(12)17)9-23(2,21)22/h3-8H,9,17H2,1-2H3,(H,18,20). The van der Waals surface area contributed by atoms with E-state index >= 15 is 0 Å². The van der Waals surface area contributed by atoms with Crippen LogP contribution >= 0.6 is 0 Å². The van der Waals surface area contributed by atoms with Gasteiger partial charge in [0.05, 0.1) is 11.4 Å². The number of sulfone groups is 1. The van der Waals surface area contributed by atoms with Crippen molar-refractivity contribution in [2.24, 2.45) is 0 Å². The van der Waals surface area contributed by atoms with Gasteiger partial charge in [-0.15, -0.1) is 0 Å². The molecule has 0 radical (unpaired) electrons. The van der Waals surface area contributed by atoms with Crippen LogP contribution in [0, 0.1) is 6.92 Å². The largest absolute Gasteiger partial charge is 0.398 e. The summed E-state index contributed by atoms with van der Waals surface area (Å²) in [5.41, 5.74) is 9.94. The van der Waals surface area contributed by atoms with Crippen molar-refractivity contribution in [1.82, 2.24) is 9.38 Å². The summed E-state index contributed by atoms with van der Waals surface area (Å²) in [6.07, 6.45) is 4.51. The summed E-state index contributed by atoms with van der Waals surface area (Å²) >= 11 is 0. The molecule has 2 heterocycles. The molecule has 0 amide bonds. The highest BCUT2D eigenvalue weighted by Crippen LogP contribution is 2.30. The summed E-state index contributed by atoms with van der Waals surface area (Å²) in [6.45, 7) is 1.85. The monoisotopic (exact) mass is 331 g/mol. The van der Waals surface area contributed by atoms with Crippen molar-refractivity contribution in [2.45, 2.75) is 12.7 Å². The Labute approximate surface area is 133 Å². The second-order valence-corrected chi connectivity index (χ2v) is 7.85. The van der Waals surface area contributed by atoms with E-state index in [1.807, 2.05) is 13.0 Å². The zero-order valence-electron chi connectivity index (χ0n) is 12.8. The third-order valence-electron chi connectivity index (χ3n) is 3.70. The van der Waals surface area contributed by atoms with Crippen LogP contribution in [0.1, 0.15) is 11.1 Å². The van der Waals surface area contributed by atoms with Crippen LogP contribution in [0.25, 0.3) is 16.8 Å². The van der Waals surface area contributed by atoms with E-state index in [9.17, 15) is 13.2 Å². The van der Waals surface area contributed by atoms with Gasteiger partial charge in [0.1, 0.15) is 5.52 Å². The quantitative estimate of drug-likeness (QED) is 0.714. The first-order valence-electron chi connectivity index (χ1n) is 7.02. The molecule has 0 aliphatic heterocycles. The van der Waals surface area contributed by atoms with E-state index in [0.717, 1.165) is 11.3 Å². The molecular formula is C16H17N3O3S. The van der Waals surface area contributed by atoms with Crippen LogP contribution in [-0.4, -0.2) is 24.1 Å². The number of aromatic nitrogens is 2. The minimum Gasteiger partial charge on any atom is -0.398 e. The molecule has 7 heteroatoms. The fraction of sp³-hybridized carbons (Fsp3) is 0.188. The van der Waals surface area contributed by atoms with Crippen molar-refractivity contribution < 1.29 is 8.42 Å². The van der Waals surface area contributed by atoms with Crippen LogP contribution in [0.15, 0.2) is 41.5 Å². The van der Waals surface area contributed by atoms with Crippen LogP contribution in [0.3, 0.4) is 0 Å². The molecule has 0 fully saturated rings.